The van der Waals surface area contributed by atoms with Gasteiger partial charge in [0.15, 0.2) is 0 Å². The van der Waals surface area contributed by atoms with Gasteiger partial charge in [-0.1, -0.05) is 42.5 Å². The molecule has 0 saturated heterocycles. The average molecular weight is 225 g/mol. The summed E-state index contributed by atoms with van der Waals surface area (Å²) in [6.45, 7) is 3.83. The number of rotatable bonds is 2. The first-order valence-corrected chi connectivity index (χ1v) is 5.64. The molecule has 0 spiro atoms. The van der Waals surface area contributed by atoms with Gasteiger partial charge >= 0.3 is 0 Å². The van der Waals surface area contributed by atoms with Crippen molar-refractivity contribution in [2.45, 2.75) is 13.8 Å². The average Bonchev–Trinajstić information content (AvgIpc) is 2.33. The Kier molecular flexibility index (Phi) is 3.24. The van der Waals surface area contributed by atoms with Gasteiger partial charge in [0.1, 0.15) is 0 Å². The number of hydrogen-bond donors (Lipinski definition) is 1. The van der Waals surface area contributed by atoms with E-state index in [1.807, 2.05) is 44.2 Å². The van der Waals surface area contributed by atoms with Gasteiger partial charge in [0.05, 0.1) is 5.69 Å². The largest absolute Gasteiger partial charge is 0.322 e. The normalized spacial score (nSPS) is 10.9. The number of nitrogens with one attached hydrogen (secondary N) is 1. The number of amides is 1. The second kappa shape index (κ2) is 4.83. The Morgan fingerprint density at radius 2 is 1.94 bits per heavy atom. The van der Waals surface area contributed by atoms with Crippen molar-refractivity contribution in [1.29, 1.82) is 0 Å². The molecule has 0 aromatic heterocycles. The molecule has 0 atom stereocenters. The number of carbonyl (C=O) groups excluding carboxylic acids is 1. The SMILES string of the molecule is CC=CC(=O)Nc1c(C)ccc2ccccc12. The minimum Gasteiger partial charge on any atom is -0.322 e. The van der Waals surface area contributed by atoms with Crippen molar-refractivity contribution < 1.29 is 4.79 Å². The number of anilines is 1. The van der Waals surface area contributed by atoms with Gasteiger partial charge in [-0.25, -0.2) is 0 Å². The molecule has 2 nitrogen and oxygen atoms in total. The van der Waals surface area contributed by atoms with E-state index in [4.69, 9.17) is 0 Å². The number of carbonyl (C=O) groups is 1. The highest BCUT2D eigenvalue weighted by Gasteiger charge is 2.06. The van der Waals surface area contributed by atoms with E-state index in [9.17, 15) is 4.79 Å². The summed E-state index contributed by atoms with van der Waals surface area (Å²) in [6, 6.07) is 12.1. The number of fused-ring (bicyclic) bond motifs is 1. The van der Waals surface area contributed by atoms with Crippen molar-refractivity contribution in [2.24, 2.45) is 0 Å². The van der Waals surface area contributed by atoms with Gasteiger partial charge in [0, 0.05) is 5.39 Å². The molecule has 0 saturated carbocycles. The monoisotopic (exact) mass is 225 g/mol. The molecule has 2 heteroatoms. The van der Waals surface area contributed by atoms with Crippen LogP contribution >= 0.6 is 0 Å². The number of aryl methyl sites for hydroxylation is 1. The molecule has 1 amide bonds. The Morgan fingerprint density at radius 1 is 1.18 bits per heavy atom. The van der Waals surface area contributed by atoms with Gasteiger partial charge in [0.2, 0.25) is 5.91 Å². The van der Waals surface area contributed by atoms with Crippen molar-refractivity contribution in [2.75, 3.05) is 5.32 Å². The van der Waals surface area contributed by atoms with E-state index in [0.717, 1.165) is 22.0 Å². The Morgan fingerprint density at radius 3 is 2.71 bits per heavy atom. The number of benzene rings is 2. The molecule has 0 aliphatic rings. The first kappa shape index (κ1) is 11.4. The molecule has 0 radical (unpaired) electrons. The minimum absolute atomic E-state index is 0.0908. The van der Waals surface area contributed by atoms with Crippen molar-refractivity contribution in [1.82, 2.24) is 0 Å². The van der Waals surface area contributed by atoms with Gasteiger partial charge in [0.25, 0.3) is 0 Å². The van der Waals surface area contributed by atoms with E-state index in [2.05, 4.69) is 11.4 Å². The maximum atomic E-state index is 11.6. The standard InChI is InChI=1S/C15H15NO/c1-3-6-14(17)16-15-11(2)9-10-12-7-4-5-8-13(12)15/h3-10H,1-2H3,(H,16,17). The molecule has 86 valence electrons. The van der Waals surface area contributed by atoms with Crippen LogP contribution in [0.2, 0.25) is 0 Å². The second-order valence-corrected chi connectivity index (χ2v) is 3.97. The van der Waals surface area contributed by atoms with E-state index < -0.39 is 0 Å². The van der Waals surface area contributed by atoms with E-state index >= 15 is 0 Å². The highest BCUT2D eigenvalue weighted by atomic mass is 16.1. The molecule has 2 rings (SSSR count). The van der Waals surface area contributed by atoms with Crippen LogP contribution in [0.15, 0.2) is 48.6 Å². The molecule has 17 heavy (non-hydrogen) atoms. The molecule has 2 aromatic carbocycles. The van der Waals surface area contributed by atoms with Crippen LogP contribution < -0.4 is 5.32 Å². The number of allylic oxidation sites excluding steroid dienone is 1. The zero-order valence-electron chi connectivity index (χ0n) is 10.0. The number of hydrogen-bond acceptors (Lipinski definition) is 1. The molecule has 0 unspecified atom stereocenters. The first-order valence-electron chi connectivity index (χ1n) is 5.64. The smallest absolute Gasteiger partial charge is 0.248 e. The summed E-state index contributed by atoms with van der Waals surface area (Å²) in [6.07, 6.45) is 3.26. The summed E-state index contributed by atoms with van der Waals surface area (Å²) in [5.74, 6) is -0.0908. The van der Waals surface area contributed by atoms with Gasteiger partial charge in [-0.15, -0.1) is 0 Å². The Bertz CT molecular complexity index is 584. The minimum atomic E-state index is -0.0908. The van der Waals surface area contributed by atoms with E-state index in [0.29, 0.717) is 0 Å². The predicted octanol–water partition coefficient (Wildman–Crippen LogP) is 3.66. The quantitative estimate of drug-likeness (QED) is 0.776. The summed E-state index contributed by atoms with van der Waals surface area (Å²) in [7, 11) is 0. The van der Waals surface area contributed by atoms with E-state index in [-0.39, 0.29) is 5.91 Å². The lowest BCUT2D eigenvalue weighted by Crippen LogP contribution is -2.09. The van der Waals surface area contributed by atoms with Crippen molar-refractivity contribution in [3.63, 3.8) is 0 Å². The summed E-state index contributed by atoms with van der Waals surface area (Å²) in [5, 5.41) is 5.14. The summed E-state index contributed by atoms with van der Waals surface area (Å²) >= 11 is 0. The zero-order chi connectivity index (χ0) is 12.3. The van der Waals surface area contributed by atoms with Crippen molar-refractivity contribution in [3.8, 4) is 0 Å². The summed E-state index contributed by atoms with van der Waals surface area (Å²) in [5.41, 5.74) is 1.97. The van der Waals surface area contributed by atoms with Crippen LogP contribution in [-0.4, -0.2) is 5.91 Å². The van der Waals surface area contributed by atoms with Gasteiger partial charge in [-0.05, 0) is 30.9 Å². The van der Waals surface area contributed by atoms with Crippen molar-refractivity contribution >= 4 is 22.4 Å². The van der Waals surface area contributed by atoms with Crippen LogP contribution in [0.25, 0.3) is 10.8 Å². The molecule has 0 heterocycles. The fourth-order valence-electron chi connectivity index (χ4n) is 1.86. The maximum absolute atomic E-state index is 11.6. The highest BCUT2D eigenvalue weighted by molar-refractivity contribution is 6.07. The lowest BCUT2D eigenvalue weighted by Gasteiger charge is -2.10. The fourth-order valence-corrected chi connectivity index (χ4v) is 1.86. The summed E-state index contributed by atoms with van der Waals surface area (Å²) < 4.78 is 0. The Hall–Kier alpha value is -2.09. The van der Waals surface area contributed by atoms with Crippen LogP contribution in [0.5, 0.6) is 0 Å². The Labute approximate surface area is 101 Å². The van der Waals surface area contributed by atoms with Crippen LogP contribution in [0.3, 0.4) is 0 Å². The van der Waals surface area contributed by atoms with Crippen LogP contribution in [0.4, 0.5) is 5.69 Å². The molecule has 0 bridgehead atoms. The molecule has 0 aliphatic carbocycles. The molecule has 2 aromatic rings. The maximum Gasteiger partial charge on any atom is 0.248 e. The molecule has 1 N–H and O–H groups in total. The third-order valence-electron chi connectivity index (χ3n) is 2.70. The van der Waals surface area contributed by atoms with Crippen LogP contribution in [-0.2, 0) is 4.79 Å². The van der Waals surface area contributed by atoms with Crippen LogP contribution in [0, 0.1) is 6.92 Å². The zero-order valence-corrected chi connectivity index (χ0v) is 10.0. The predicted molar refractivity (Wildman–Crippen MR) is 72.1 cm³/mol. The van der Waals surface area contributed by atoms with E-state index in [1.165, 1.54) is 6.08 Å². The topological polar surface area (TPSA) is 29.1 Å². The van der Waals surface area contributed by atoms with Crippen molar-refractivity contribution in [3.05, 3.63) is 54.1 Å². The Balaban J connectivity index is 2.51. The highest BCUT2D eigenvalue weighted by Crippen LogP contribution is 2.26. The summed E-state index contributed by atoms with van der Waals surface area (Å²) in [4.78, 5) is 11.6. The van der Waals surface area contributed by atoms with Gasteiger partial charge in [-0.3, -0.25) is 4.79 Å². The van der Waals surface area contributed by atoms with Gasteiger partial charge < -0.3 is 5.32 Å². The molecular weight excluding hydrogens is 210 g/mol. The van der Waals surface area contributed by atoms with E-state index in [1.54, 1.807) is 6.08 Å². The van der Waals surface area contributed by atoms with Gasteiger partial charge in [-0.2, -0.15) is 0 Å². The first-order chi connectivity index (χ1) is 8.22. The lowest BCUT2D eigenvalue weighted by molar-refractivity contribution is -0.111. The second-order valence-electron chi connectivity index (χ2n) is 3.97. The third-order valence-corrected chi connectivity index (χ3v) is 2.70. The molecule has 0 fully saturated rings. The molecule has 0 aliphatic heterocycles. The third kappa shape index (κ3) is 2.36. The van der Waals surface area contributed by atoms with Crippen LogP contribution in [0.1, 0.15) is 12.5 Å². The fraction of sp³-hybridized carbons (Fsp3) is 0.133. The lowest BCUT2D eigenvalue weighted by atomic mass is 10.0. The molecular formula is C15H15NO.